The Morgan fingerprint density at radius 3 is 2.78 bits per heavy atom. The fourth-order valence-electron chi connectivity index (χ4n) is 1.54. The first-order chi connectivity index (χ1) is 8.45. The zero-order chi connectivity index (χ0) is 13.7. The van der Waals surface area contributed by atoms with Crippen LogP contribution < -0.4 is 4.90 Å². The van der Waals surface area contributed by atoms with Gasteiger partial charge in [0.15, 0.2) is 0 Å². The second kappa shape index (κ2) is 5.95. The lowest BCUT2D eigenvalue weighted by atomic mass is 10.2. The van der Waals surface area contributed by atoms with Gasteiger partial charge in [0.1, 0.15) is 5.82 Å². The van der Waals surface area contributed by atoms with Crippen molar-refractivity contribution in [1.82, 2.24) is 4.98 Å². The minimum absolute atomic E-state index is 0.00576. The molecule has 7 nitrogen and oxygen atoms in total. The van der Waals surface area contributed by atoms with Gasteiger partial charge in [0.2, 0.25) is 0 Å². The summed E-state index contributed by atoms with van der Waals surface area (Å²) < 4.78 is 0. The summed E-state index contributed by atoms with van der Waals surface area (Å²) >= 11 is 0. The predicted octanol–water partition coefficient (Wildman–Crippen LogP) is 1.60. The summed E-state index contributed by atoms with van der Waals surface area (Å²) in [6, 6.07) is 1.38. The average molecular weight is 253 g/mol. The van der Waals surface area contributed by atoms with Crippen LogP contribution in [0.1, 0.15) is 18.9 Å². The van der Waals surface area contributed by atoms with E-state index in [4.69, 9.17) is 5.11 Å². The molecule has 0 bridgehead atoms. The predicted molar refractivity (Wildman–Crippen MR) is 65.8 cm³/mol. The Hall–Kier alpha value is -2.18. The highest BCUT2D eigenvalue weighted by molar-refractivity contribution is 5.67. The molecule has 1 rings (SSSR count). The molecule has 0 saturated heterocycles. The van der Waals surface area contributed by atoms with E-state index in [-0.39, 0.29) is 18.7 Å². The zero-order valence-corrected chi connectivity index (χ0v) is 10.3. The third-order valence-electron chi connectivity index (χ3n) is 2.56. The smallest absolute Gasteiger partial charge is 0.305 e. The number of rotatable bonds is 6. The van der Waals surface area contributed by atoms with E-state index < -0.39 is 10.9 Å². The monoisotopic (exact) mass is 253 g/mol. The van der Waals surface area contributed by atoms with Gasteiger partial charge in [-0.3, -0.25) is 14.9 Å². The molecule has 7 heteroatoms. The SMILES string of the molecule is CCN(CCC(=O)O)c1cc([N+](=O)[O-])c(C)cn1. The number of hydrogen-bond acceptors (Lipinski definition) is 5. The number of aromatic nitrogens is 1. The van der Waals surface area contributed by atoms with E-state index in [9.17, 15) is 14.9 Å². The van der Waals surface area contributed by atoms with Crippen LogP contribution in [0.2, 0.25) is 0 Å². The first kappa shape index (κ1) is 13.9. The number of aliphatic carboxylic acids is 1. The quantitative estimate of drug-likeness (QED) is 0.611. The van der Waals surface area contributed by atoms with Gasteiger partial charge in [-0.15, -0.1) is 0 Å². The molecule has 0 amide bonds. The number of carboxylic acid groups (broad SMARTS) is 1. The Balaban J connectivity index is 2.96. The molecule has 0 aliphatic rings. The molecule has 0 fully saturated rings. The molecule has 0 radical (unpaired) electrons. The van der Waals surface area contributed by atoms with Crippen LogP contribution in [0.15, 0.2) is 12.3 Å². The number of carboxylic acids is 1. The van der Waals surface area contributed by atoms with Crippen LogP contribution in [0.4, 0.5) is 11.5 Å². The van der Waals surface area contributed by atoms with Crippen molar-refractivity contribution >= 4 is 17.5 Å². The standard InChI is InChI=1S/C11H15N3O4/c1-3-13(5-4-11(15)16)10-6-9(14(17)18)8(2)7-12-10/h6-7H,3-5H2,1-2H3,(H,15,16). The van der Waals surface area contributed by atoms with Crippen LogP contribution in [0.25, 0.3) is 0 Å². The largest absolute Gasteiger partial charge is 0.481 e. The Labute approximate surface area is 104 Å². The van der Waals surface area contributed by atoms with Crippen molar-refractivity contribution in [2.75, 3.05) is 18.0 Å². The highest BCUT2D eigenvalue weighted by Gasteiger charge is 2.15. The molecule has 0 unspecified atom stereocenters. The van der Waals surface area contributed by atoms with E-state index in [0.717, 1.165) is 0 Å². The molecule has 0 aromatic carbocycles. The van der Waals surface area contributed by atoms with E-state index >= 15 is 0 Å². The molecule has 0 aliphatic carbocycles. The van der Waals surface area contributed by atoms with Crippen molar-refractivity contribution in [3.05, 3.63) is 27.9 Å². The van der Waals surface area contributed by atoms with Crippen LogP contribution in [-0.2, 0) is 4.79 Å². The molecule has 18 heavy (non-hydrogen) atoms. The number of hydrogen-bond donors (Lipinski definition) is 1. The maximum atomic E-state index is 10.8. The van der Waals surface area contributed by atoms with Crippen LogP contribution in [0.3, 0.4) is 0 Å². The summed E-state index contributed by atoms with van der Waals surface area (Å²) in [5, 5.41) is 19.5. The first-order valence-corrected chi connectivity index (χ1v) is 5.53. The Morgan fingerprint density at radius 1 is 1.61 bits per heavy atom. The van der Waals surface area contributed by atoms with Gasteiger partial charge >= 0.3 is 5.97 Å². The fourth-order valence-corrected chi connectivity index (χ4v) is 1.54. The van der Waals surface area contributed by atoms with Crippen molar-refractivity contribution in [1.29, 1.82) is 0 Å². The topological polar surface area (TPSA) is 96.6 Å². The molecule has 0 saturated carbocycles. The Morgan fingerprint density at radius 2 is 2.28 bits per heavy atom. The van der Waals surface area contributed by atoms with Crippen molar-refractivity contribution < 1.29 is 14.8 Å². The van der Waals surface area contributed by atoms with Crippen LogP contribution >= 0.6 is 0 Å². The number of aryl methyl sites for hydroxylation is 1. The van der Waals surface area contributed by atoms with Gasteiger partial charge in [-0.2, -0.15) is 0 Å². The molecule has 1 aromatic heterocycles. The minimum Gasteiger partial charge on any atom is -0.481 e. The van der Waals surface area contributed by atoms with Gasteiger partial charge in [-0.25, -0.2) is 4.98 Å². The molecule has 1 aromatic rings. The van der Waals surface area contributed by atoms with Crippen LogP contribution in [0.5, 0.6) is 0 Å². The summed E-state index contributed by atoms with van der Waals surface area (Å²) in [5.41, 5.74) is 0.479. The molecule has 0 spiro atoms. The average Bonchev–Trinajstić information content (AvgIpc) is 2.31. The Bertz CT molecular complexity index is 462. The third kappa shape index (κ3) is 3.41. The van der Waals surface area contributed by atoms with Gasteiger partial charge in [0, 0.05) is 24.8 Å². The van der Waals surface area contributed by atoms with Gasteiger partial charge in [-0.1, -0.05) is 0 Å². The molecule has 1 heterocycles. The lowest BCUT2D eigenvalue weighted by molar-refractivity contribution is -0.385. The summed E-state index contributed by atoms with van der Waals surface area (Å²) in [6.45, 7) is 4.28. The van der Waals surface area contributed by atoms with Crippen LogP contribution in [-0.4, -0.2) is 34.1 Å². The second-order valence-corrected chi connectivity index (χ2v) is 3.81. The molecular weight excluding hydrogens is 238 g/mol. The lowest BCUT2D eigenvalue weighted by Crippen LogP contribution is -2.26. The van der Waals surface area contributed by atoms with Gasteiger partial charge in [0.05, 0.1) is 17.4 Å². The summed E-state index contributed by atoms with van der Waals surface area (Å²) in [4.78, 5) is 26.7. The first-order valence-electron chi connectivity index (χ1n) is 5.53. The lowest BCUT2D eigenvalue weighted by Gasteiger charge is -2.20. The van der Waals surface area contributed by atoms with Crippen molar-refractivity contribution in [3.63, 3.8) is 0 Å². The highest BCUT2D eigenvalue weighted by atomic mass is 16.6. The van der Waals surface area contributed by atoms with Crippen molar-refractivity contribution in [3.8, 4) is 0 Å². The molecule has 1 N–H and O–H groups in total. The van der Waals surface area contributed by atoms with Gasteiger partial charge in [0.25, 0.3) is 5.69 Å². The van der Waals surface area contributed by atoms with Crippen molar-refractivity contribution in [2.24, 2.45) is 0 Å². The van der Waals surface area contributed by atoms with E-state index in [1.165, 1.54) is 12.3 Å². The number of nitro groups is 1. The number of anilines is 1. The number of nitrogens with zero attached hydrogens (tertiary/aromatic N) is 3. The van der Waals surface area contributed by atoms with E-state index in [2.05, 4.69) is 4.98 Å². The van der Waals surface area contributed by atoms with Crippen LogP contribution in [0, 0.1) is 17.0 Å². The number of carbonyl (C=O) groups is 1. The van der Waals surface area contributed by atoms with E-state index in [1.807, 2.05) is 6.92 Å². The maximum Gasteiger partial charge on any atom is 0.305 e. The number of pyridine rings is 1. The molecule has 0 atom stereocenters. The normalized spacial score (nSPS) is 10.1. The molecular formula is C11H15N3O4. The molecule has 98 valence electrons. The summed E-state index contributed by atoms with van der Waals surface area (Å²) in [5.74, 6) is -0.480. The minimum atomic E-state index is -0.907. The van der Waals surface area contributed by atoms with Crippen molar-refractivity contribution in [2.45, 2.75) is 20.3 Å². The third-order valence-corrected chi connectivity index (χ3v) is 2.56. The maximum absolute atomic E-state index is 10.8. The Kier molecular flexibility index (Phi) is 4.59. The highest BCUT2D eigenvalue weighted by Crippen LogP contribution is 2.22. The van der Waals surface area contributed by atoms with Gasteiger partial charge in [-0.05, 0) is 13.8 Å². The zero-order valence-electron chi connectivity index (χ0n) is 10.3. The fraction of sp³-hybridized carbons (Fsp3) is 0.455. The summed E-state index contributed by atoms with van der Waals surface area (Å²) in [7, 11) is 0. The van der Waals surface area contributed by atoms with E-state index in [0.29, 0.717) is 17.9 Å². The molecule has 0 aliphatic heterocycles. The van der Waals surface area contributed by atoms with E-state index in [1.54, 1.807) is 11.8 Å². The summed E-state index contributed by atoms with van der Waals surface area (Å²) in [6.07, 6.45) is 1.40. The second-order valence-electron chi connectivity index (χ2n) is 3.81. The van der Waals surface area contributed by atoms with Gasteiger partial charge < -0.3 is 10.0 Å².